The number of halogens is 3. The third-order valence-electron chi connectivity index (χ3n) is 1.95. The predicted molar refractivity (Wildman–Crippen MR) is 55.3 cm³/mol. The first-order valence-electron chi connectivity index (χ1n) is 5.16. The summed E-state index contributed by atoms with van der Waals surface area (Å²) in [5.74, 6) is -2.58. The van der Waals surface area contributed by atoms with Gasteiger partial charge in [0.2, 0.25) is 11.6 Å². The molecule has 7 nitrogen and oxygen atoms in total. The van der Waals surface area contributed by atoms with Gasteiger partial charge < -0.3 is 10.4 Å². The van der Waals surface area contributed by atoms with E-state index in [1.165, 1.54) is 0 Å². The number of nitrogens with zero attached hydrogens (tertiary/aromatic N) is 3. The lowest BCUT2D eigenvalue weighted by Crippen LogP contribution is -2.34. The van der Waals surface area contributed by atoms with Crippen molar-refractivity contribution < 1.29 is 27.9 Å². The molecule has 0 aliphatic heterocycles. The van der Waals surface area contributed by atoms with Gasteiger partial charge in [-0.05, 0) is 13.8 Å². The summed E-state index contributed by atoms with van der Waals surface area (Å²) in [5.41, 5.74) is -2.79. The molecule has 0 spiro atoms. The average Bonchev–Trinajstić information content (AvgIpc) is 2.58. The van der Waals surface area contributed by atoms with Gasteiger partial charge in [-0.1, -0.05) is 5.21 Å². The molecule has 0 unspecified atom stereocenters. The molecule has 2 N–H and O–H groups in total. The number of carbonyl (C=O) groups excluding carboxylic acids is 1. The number of alkyl halides is 3. The number of hydrogen-bond acceptors (Lipinski definition) is 4. The zero-order valence-corrected chi connectivity index (χ0v) is 10.0. The van der Waals surface area contributed by atoms with Crippen LogP contribution in [0.25, 0.3) is 0 Å². The van der Waals surface area contributed by atoms with E-state index in [1.807, 2.05) is 0 Å². The topological polar surface area (TPSA) is 97.1 Å². The molecule has 1 rings (SSSR count). The monoisotopic (exact) mass is 280 g/mol. The highest BCUT2D eigenvalue weighted by Gasteiger charge is 2.41. The molecule has 0 saturated carbocycles. The van der Waals surface area contributed by atoms with Crippen molar-refractivity contribution in [3.05, 3.63) is 11.4 Å². The average molecular weight is 280 g/mol. The molecule has 1 heterocycles. The summed E-state index contributed by atoms with van der Waals surface area (Å²) in [6.45, 7) is 2.51. The number of aromatic carboxylic acids is 1. The van der Waals surface area contributed by atoms with Crippen molar-refractivity contribution in [2.24, 2.45) is 0 Å². The van der Waals surface area contributed by atoms with Crippen LogP contribution < -0.4 is 5.32 Å². The van der Waals surface area contributed by atoms with Gasteiger partial charge in [0.05, 0.1) is 0 Å². The molecule has 1 aromatic rings. The number of nitrogens with one attached hydrogen (secondary N) is 1. The highest BCUT2D eigenvalue weighted by atomic mass is 19.4. The molecule has 0 radical (unpaired) electrons. The molecular formula is C9H11F3N4O3. The summed E-state index contributed by atoms with van der Waals surface area (Å²) in [4.78, 5) is 22.0. The fraction of sp³-hybridized carbons (Fsp3) is 0.556. The van der Waals surface area contributed by atoms with Crippen molar-refractivity contribution in [1.82, 2.24) is 20.3 Å². The molecule has 0 bridgehead atoms. The van der Waals surface area contributed by atoms with Gasteiger partial charge in [0.1, 0.15) is 6.54 Å². The first-order valence-corrected chi connectivity index (χ1v) is 5.16. The summed E-state index contributed by atoms with van der Waals surface area (Å²) in [6, 6.07) is -0.260. The van der Waals surface area contributed by atoms with Crippen LogP contribution in [0, 0.1) is 0 Å². The first-order chi connectivity index (χ1) is 8.62. The van der Waals surface area contributed by atoms with Crippen LogP contribution in [0.4, 0.5) is 13.2 Å². The zero-order valence-electron chi connectivity index (χ0n) is 10.0. The Labute approximate surface area is 105 Å². The van der Waals surface area contributed by atoms with E-state index in [0.717, 1.165) is 0 Å². The Morgan fingerprint density at radius 1 is 1.42 bits per heavy atom. The first kappa shape index (κ1) is 14.9. The zero-order chi connectivity index (χ0) is 14.8. The number of carboxylic acids is 1. The largest absolute Gasteiger partial charge is 0.476 e. The standard InChI is InChI=1S/C9H11F3N4O3/c1-4(2)13-5(17)3-16-7(9(10,11)12)6(8(18)19)14-15-16/h4H,3H2,1-2H3,(H,13,17)(H,18,19). The van der Waals surface area contributed by atoms with Gasteiger partial charge in [-0.25, -0.2) is 9.48 Å². The minimum atomic E-state index is -4.96. The molecule has 10 heteroatoms. The van der Waals surface area contributed by atoms with Gasteiger partial charge in [0.15, 0.2) is 5.69 Å². The molecule has 0 aromatic carbocycles. The minimum absolute atomic E-state index is 0.223. The quantitative estimate of drug-likeness (QED) is 0.838. The Balaban J connectivity index is 3.09. The lowest BCUT2D eigenvalue weighted by atomic mass is 10.3. The van der Waals surface area contributed by atoms with Crippen LogP contribution in [0.2, 0.25) is 0 Å². The van der Waals surface area contributed by atoms with E-state index in [0.29, 0.717) is 0 Å². The van der Waals surface area contributed by atoms with Gasteiger partial charge in [-0.3, -0.25) is 4.79 Å². The van der Waals surface area contributed by atoms with E-state index in [4.69, 9.17) is 5.11 Å². The van der Waals surface area contributed by atoms with E-state index in [1.54, 1.807) is 13.8 Å². The Morgan fingerprint density at radius 3 is 2.42 bits per heavy atom. The second-order valence-corrected chi connectivity index (χ2v) is 3.97. The highest BCUT2D eigenvalue weighted by molar-refractivity contribution is 5.87. The number of carbonyl (C=O) groups is 2. The fourth-order valence-corrected chi connectivity index (χ4v) is 1.35. The molecule has 106 valence electrons. The van der Waals surface area contributed by atoms with Gasteiger partial charge in [0.25, 0.3) is 0 Å². The van der Waals surface area contributed by atoms with E-state index in [9.17, 15) is 22.8 Å². The predicted octanol–water partition coefficient (Wildman–Crippen LogP) is 0.520. The van der Waals surface area contributed by atoms with Crippen LogP contribution in [-0.2, 0) is 17.5 Å². The van der Waals surface area contributed by atoms with E-state index in [-0.39, 0.29) is 10.7 Å². The molecule has 0 fully saturated rings. The lowest BCUT2D eigenvalue weighted by Gasteiger charge is -2.11. The Morgan fingerprint density at radius 2 is 2.00 bits per heavy atom. The Hall–Kier alpha value is -2.13. The molecule has 0 aliphatic rings. The molecule has 0 atom stereocenters. The summed E-state index contributed by atoms with van der Waals surface area (Å²) in [7, 11) is 0. The van der Waals surface area contributed by atoms with Crippen LogP contribution in [0.1, 0.15) is 30.0 Å². The number of amides is 1. The fourth-order valence-electron chi connectivity index (χ4n) is 1.35. The van der Waals surface area contributed by atoms with Crippen LogP contribution >= 0.6 is 0 Å². The maximum atomic E-state index is 12.7. The van der Waals surface area contributed by atoms with E-state index in [2.05, 4.69) is 15.6 Å². The summed E-state index contributed by atoms with van der Waals surface area (Å²) in [5, 5.41) is 17.0. The SMILES string of the molecule is CC(C)NC(=O)Cn1nnc(C(=O)O)c1C(F)(F)F. The molecule has 0 saturated heterocycles. The number of hydrogen-bond donors (Lipinski definition) is 2. The Kier molecular flexibility index (Phi) is 4.12. The molecule has 1 amide bonds. The van der Waals surface area contributed by atoms with Crippen LogP contribution in [0.3, 0.4) is 0 Å². The van der Waals surface area contributed by atoms with Gasteiger partial charge in [-0.15, -0.1) is 5.10 Å². The third kappa shape index (κ3) is 3.66. The van der Waals surface area contributed by atoms with Crippen LogP contribution in [0.5, 0.6) is 0 Å². The van der Waals surface area contributed by atoms with Crippen molar-refractivity contribution in [2.75, 3.05) is 0 Å². The molecular weight excluding hydrogens is 269 g/mol. The number of rotatable bonds is 4. The van der Waals surface area contributed by atoms with Gasteiger partial charge in [-0.2, -0.15) is 13.2 Å². The maximum Gasteiger partial charge on any atom is 0.435 e. The van der Waals surface area contributed by atoms with Gasteiger partial charge in [0, 0.05) is 6.04 Å². The van der Waals surface area contributed by atoms with Crippen molar-refractivity contribution >= 4 is 11.9 Å². The van der Waals surface area contributed by atoms with Gasteiger partial charge >= 0.3 is 12.1 Å². The second kappa shape index (κ2) is 5.24. The van der Waals surface area contributed by atoms with Crippen molar-refractivity contribution in [3.63, 3.8) is 0 Å². The number of aromatic nitrogens is 3. The second-order valence-electron chi connectivity index (χ2n) is 3.97. The molecule has 0 aliphatic carbocycles. The van der Waals surface area contributed by atoms with Crippen LogP contribution in [-0.4, -0.2) is 38.0 Å². The maximum absolute atomic E-state index is 12.7. The normalized spacial score (nSPS) is 11.7. The van der Waals surface area contributed by atoms with Crippen molar-refractivity contribution in [1.29, 1.82) is 0 Å². The molecule has 19 heavy (non-hydrogen) atoms. The highest BCUT2D eigenvalue weighted by Crippen LogP contribution is 2.30. The van der Waals surface area contributed by atoms with E-state index < -0.39 is 36.0 Å². The Bertz CT molecular complexity index is 495. The summed E-state index contributed by atoms with van der Waals surface area (Å²) >= 11 is 0. The smallest absolute Gasteiger partial charge is 0.435 e. The summed E-state index contributed by atoms with van der Waals surface area (Å²) in [6.07, 6.45) is -4.96. The van der Waals surface area contributed by atoms with Crippen molar-refractivity contribution in [3.8, 4) is 0 Å². The van der Waals surface area contributed by atoms with Crippen molar-refractivity contribution in [2.45, 2.75) is 32.6 Å². The lowest BCUT2D eigenvalue weighted by molar-refractivity contribution is -0.145. The number of carboxylic acid groups (broad SMARTS) is 1. The van der Waals surface area contributed by atoms with E-state index >= 15 is 0 Å². The summed E-state index contributed by atoms with van der Waals surface area (Å²) < 4.78 is 38.4. The molecule has 1 aromatic heterocycles. The minimum Gasteiger partial charge on any atom is -0.476 e. The van der Waals surface area contributed by atoms with Crippen LogP contribution in [0.15, 0.2) is 0 Å². The third-order valence-corrected chi connectivity index (χ3v) is 1.95.